The Labute approximate surface area is 313 Å². The van der Waals surface area contributed by atoms with Gasteiger partial charge in [-0.3, -0.25) is 10.1 Å². The molecule has 0 unspecified atom stereocenters. The number of carbonyl (C=O) groups excluding carboxylic acids is 2. The Morgan fingerprint density at radius 2 is 1.59 bits per heavy atom. The zero-order valence-corrected chi connectivity index (χ0v) is 30.8. The number of hydrogen-bond acceptors (Lipinski definition) is 9. The van der Waals surface area contributed by atoms with Crippen molar-refractivity contribution in [2.75, 3.05) is 36.1 Å². The zero-order chi connectivity index (χ0) is 37.7. The third-order valence-electron chi connectivity index (χ3n) is 9.06. The number of nitrogens with one attached hydrogen (secondary N) is 3. The molecule has 13 nitrogen and oxygen atoms in total. The maximum Gasteiger partial charge on any atom is 0.324 e. The van der Waals surface area contributed by atoms with Gasteiger partial charge in [0, 0.05) is 48.6 Å². The van der Waals surface area contributed by atoms with Gasteiger partial charge in [0.2, 0.25) is 0 Å². The highest BCUT2D eigenvalue weighted by Gasteiger charge is 2.23. The molecule has 0 bridgehead atoms. The summed E-state index contributed by atoms with van der Waals surface area (Å²) in [4.78, 5) is 41.1. The Morgan fingerprint density at radius 3 is 2.35 bits per heavy atom. The Morgan fingerprint density at radius 1 is 0.796 bits per heavy atom. The quantitative estimate of drug-likeness (QED) is 0.121. The lowest BCUT2D eigenvalue weighted by Crippen LogP contribution is -2.28. The second kappa shape index (κ2) is 15.7. The summed E-state index contributed by atoms with van der Waals surface area (Å²) < 4.78 is 13.4. The maximum absolute atomic E-state index is 13.5. The highest BCUT2D eigenvalue weighted by atomic mass is 16.5. The number of fused-ring (bicyclic) bond motifs is 1. The van der Waals surface area contributed by atoms with Gasteiger partial charge in [0.15, 0.2) is 0 Å². The van der Waals surface area contributed by atoms with Crippen molar-refractivity contribution in [2.45, 2.75) is 52.2 Å². The molecule has 1 aliphatic rings. The molecule has 4 heterocycles. The number of carbonyl (C=O) groups is 2. The summed E-state index contributed by atoms with van der Waals surface area (Å²) in [6.07, 6.45) is 6.75. The van der Waals surface area contributed by atoms with E-state index >= 15 is 0 Å². The van der Waals surface area contributed by atoms with Crippen LogP contribution in [0.25, 0.3) is 16.5 Å². The lowest BCUT2D eigenvalue weighted by atomic mass is 9.92. The van der Waals surface area contributed by atoms with E-state index in [2.05, 4.69) is 51.7 Å². The molecule has 3 aromatic carbocycles. The van der Waals surface area contributed by atoms with Gasteiger partial charge < -0.3 is 25.0 Å². The first kappa shape index (κ1) is 36.0. The van der Waals surface area contributed by atoms with Gasteiger partial charge in [-0.25, -0.2) is 24.4 Å². The average Bonchev–Trinajstić information content (AvgIpc) is 3.87. The third kappa shape index (κ3) is 8.31. The average molecular weight is 726 g/mol. The van der Waals surface area contributed by atoms with Crippen LogP contribution in [0.3, 0.4) is 0 Å². The molecular weight excluding hydrogens is 683 g/mol. The van der Waals surface area contributed by atoms with Crippen LogP contribution in [-0.4, -0.2) is 61.8 Å². The predicted octanol–water partition coefficient (Wildman–Crippen LogP) is 7.86. The molecule has 0 spiro atoms. The van der Waals surface area contributed by atoms with E-state index in [0.29, 0.717) is 41.2 Å². The molecule has 1 aliphatic heterocycles. The molecule has 7 rings (SSSR count). The number of methoxy groups -OCH3 is 1. The smallest absolute Gasteiger partial charge is 0.324 e. The number of anilines is 4. The van der Waals surface area contributed by atoms with Gasteiger partial charge in [-0.15, -0.1) is 0 Å². The molecule has 1 fully saturated rings. The molecule has 0 aliphatic carbocycles. The van der Waals surface area contributed by atoms with Gasteiger partial charge in [0.05, 0.1) is 36.1 Å². The van der Waals surface area contributed by atoms with Crippen molar-refractivity contribution in [3.8, 4) is 11.4 Å². The molecule has 13 heteroatoms. The fourth-order valence-electron chi connectivity index (χ4n) is 6.26. The summed E-state index contributed by atoms with van der Waals surface area (Å²) in [7, 11) is 1.66. The van der Waals surface area contributed by atoms with E-state index in [-0.39, 0.29) is 17.9 Å². The van der Waals surface area contributed by atoms with Gasteiger partial charge in [0.25, 0.3) is 5.91 Å². The Bertz CT molecular complexity index is 2280. The Hall–Kier alpha value is -6.34. The molecule has 3 N–H and O–H groups in total. The van der Waals surface area contributed by atoms with Crippen molar-refractivity contribution in [1.29, 1.82) is 0 Å². The molecule has 0 radical (unpaired) electrons. The minimum Gasteiger partial charge on any atom is -0.488 e. The monoisotopic (exact) mass is 725 g/mol. The molecule has 3 aromatic heterocycles. The Balaban J connectivity index is 1.03. The first-order chi connectivity index (χ1) is 26.1. The molecule has 6 aromatic rings. The topological polar surface area (TPSA) is 148 Å². The van der Waals surface area contributed by atoms with E-state index in [4.69, 9.17) is 14.6 Å². The van der Waals surface area contributed by atoms with E-state index < -0.39 is 6.03 Å². The van der Waals surface area contributed by atoms with Crippen molar-refractivity contribution in [1.82, 2.24) is 29.6 Å². The number of rotatable bonds is 11. The number of urea groups is 1. The van der Waals surface area contributed by atoms with Crippen LogP contribution in [0.5, 0.6) is 5.75 Å². The number of amides is 3. The number of aromatic nitrogens is 5. The van der Waals surface area contributed by atoms with Crippen LogP contribution in [0, 0.1) is 0 Å². The van der Waals surface area contributed by atoms with E-state index in [1.165, 1.54) is 12.4 Å². The lowest BCUT2D eigenvalue weighted by Gasteiger charge is -2.15. The SMILES string of the molecule is COCc1cccc(-n2nc(C(C)(C)C)cc2NC(=O)Nc2ccc(OCc3ccnc(Nc4cnc(C(=O)N5CCCC5)cn4)c3)c3ccccc23)c1. The van der Waals surface area contributed by atoms with Gasteiger partial charge in [-0.2, -0.15) is 5.10 Å². The predicted molar refractivity (Wildman–Crippen MR) is 209 cm³/mol. The summed E-state index contributed by atoms with van der Waals surface area (Å²) in [5.41, 5.74) is 4.25. The minimum atomic E-state index is -0.405. The highest BCUT2D eigenvalue weighted by molar-refractivity contribution is 6.07. The van der Waals surface area contributed by atoms with Crippen LogP contribution in [-0.2, 0) is 23.4 Å². The molecule has 0 atom stereocenters. The summed E-state index contributed by atoms with van der Waals surface area (Å²) in [6.45, 7) is 8.50. The normalized spacial score (nSPS) is 12.9. The molecular formula is C41H43N9O4. The number of hydrogen-bond donors (Lipinski definition) is 3. The standard InChI is InChI=1S/C41H43N9O4/c1-41(2,3)35-22-38(50(48-35)29-11-9-10-27(20-29)25-53-4)47-40(52)45-32-14-15-34(31-13-6-5-12-30(31)32)54-26-28-16-17-42-36(21-28)46-37-24-43-33(23-44-37)39(51)49-18-7-8-19-49/h5-6,9-17,20-24H,7-8,18-19,25-26H2,1-4H3,(H,42,44,46)(H2,45,47,52). The van der Waals surface area contributed by atoms with Crippen molar-refractivity contribution in [3.05, 3.63) is 120 Å². The fraction of sp³-hybridized carbons (Fsp3) is 0.268. The maximum atomic E-state index is 13.5. The summed E-state index contributed by atoms with van der Waals surface area (Å²) in [6, 6.07) is 24.6. The van der Waals surface area contributed by atoms with Crippen LogP contribution in [0.15, 0.2) is 97.5 Å². The van der Waals surface area contributed by atoms with Crippen LogP contribution in [0.4, 0.5) is 27.9 Å². The van der Waals surface area contributed by atoms with Crippen molar-refractivity contribution in [2.24, 2.45) is 0 Å². The van der Waals surface area contributed by atoms with Crippen molar-refractivity contribution in [3.63, 3.8) is 0 Å². The lowest BCUT2D eigenvalue weighted by molar-refractivity contribution is 0.0786. The zero-order valence-electron chi connectivity index (χ0n) is 30.8. The summed E-state index contributed by atoms with van der Waals surface area (Å²) >= 11 is 0. The first-order valence-corrected chi connectivity index (χ1v) is 17.9. The van der Waals surface area contributed by atoms with Gasteiger partial charge in [-0.1, -0.05) is 57.2 Å². The van der Waals surface area contributed by atoms with Gasteiger partial charge in [0.1, 0.15) is 35.5 Å². The molecule has 0 saturated carbocycles. The van der Waals surface area contributed by atoms with Gasteiger partial charge >= 0.3 is 6.03 Å². The van der Waals surface area contributed by atoms with Crippen molar-refractivity contribution < 1.29 is 19.1 Å². The second-order valence-electron chi connectivity index (χ2n) is 14.2. The molecule has 54 heavy (non-hydrogen) atoms. The number of nitrogens with zero attached hydrogens (tertiary/aromatic N) is 6. The molecule has 1 saturated heterocycles. The minimum absolute atomic E-state index is 0.0950. The van der Waals surface area contributed by atoms with Crippen LogP contribution >= 0.6 is 0 Å². The van der Waals surface area contributed by atoms with E-state index in [1.807, 2.05) is 78.9 Å². The summed E-state index contributed by atoms with van der Waals surface area (Å²) in [5, 5.41) is 15.7. The molecule has 3 amide bonds. The highest BCUT2D eigenvalue weighted by Crippen LogP contribution is 2.33. The van der Waals surface area contributed by atoms with E-state index in [9.17, 15) is 9.59 Å². The van der Waals surface area contributed by atoms with Crippen LogP contribution < -0.4 is 20.7 Å². The van der Waals surface area contributed by atoms with Crippen LogP contribution in [0.2, 0.25) is 0 Å². The van der Waals surface area contributed by atoms with E-state index in [0.717, 1.165) is 59.2 Å². The largest absolute Gasteiger partial charge is 0.488 e. The van der Waals surface area contributed by atoms with Gasteiger partial charge in [-0.05, 0) is 60.4 Å². The third-order valence-corrected chi connectivity index (χ3v) is 9.06. The number of pyridine rings is 1. The molecule has 276 valence electrons. The van der Waals surface area contributed by atoms with Crippen LogP contribution in [0.1, 0.15) is 60.9 Å². The van der Waals surface area contributed by atoms with E-state index in [1.54, 1.807) is 22.9 Å². The van der Waals surface area contributed by atoms with Crippen molar-refractivity contribution >= 4 is 45.9 Å². The Kier molecular flexibility index (Phi) is 10.5. The fourth-order valence-corrected chi connectivity index (χ4v) is 6.26. The number of likely N-dealkylation sites (tertiary alicyclic amines) is 1. The summed E-state index contributed by atoms with van der Waals surface area (Å²) in [5.74, 6) is 2.16. The number of benzene rings is 3. The number of ether oxygens (including phenoxy) is 2. The first-order valence-electron chi connectivity index (χ1n) is 17.9. The second-order valence-corrected chi connectivity index (χ2v) is 14.2.